The summed E-state index contributed by atoms with van der Waals surface area (Å²) in [5.41, 5.74) is 5.64. The molecule has 4 aromatic rings. The predicted molar refractivity (Wildman–Crippen MR) is 236 cm³/mol. The molecule has 2 unspecified atom stereocenters. The van der Waals surface area contributed by atoms with Gasteiger partial charge in [-0.25, -0.2) is 0 Å². The van der Waals surface area contributed by atoms with E-state index in [4.69, 9.17) is 4.74 Å². The molecule has 1 saturated heterocycles. The molecule has 1 aliphatic heterocycles. The average Bonchev–Trinajstić information content (AvgIpc) is 3.79. The number of aliphatic hydroxyl groups is 3. The third kappa shape index (κ3) is 13.2. The van der Waals surface area contributed by atoms with E-state index in [2.05, 4.69) is 63.7 Å². The van der Waals surface area contributed by atoms with Gasteiger partial charge in [0.25, 0.3) is 0 Å². The zero-order chi connectivity index (χ0) is 42.4. The number of hydrogen-bond donors (Lipinski definition) is 4. The molecule has 4 N–H and O–H groups in total. The molecule has 2 aliphatic rings. The number of anilines is 1. The van der Waals surface area contributed by atoms with Crippen molar-refractivity contribution >= 4 is 33.7 Å². The van der Waals surface area contributed by atoms with Gasteiger partial charge in [0.05, 0.1) is 18.3 Å². The first-order valence-electron chi connectivity index (χ1n) is 21.7. The summed E-state index contributed by atoms with van der Waals surface area (Å²) >= 11 is -2.58. The van der Waals surface area contributed by atoms with Crippen LogP contribution in [0.3, 0.4) is 0 Å². The number of hydrogen-bond acceptors (Lipinski definition) is 10. The number of rotatable bonds is 22. The molecule has 0 bridgehead atoms. The number of benzene rings is 3. The number of likely N-dealkylation sites (tertiary alicyclic amines) is 1. The second kappa shape index (κ2) is 22.7. The van der Waals surface area contributed by atoms with Gasteiger partial charge in [0.1, 0.15) is 0 Å². The van der Waals surface area contributed by atoms with Gasteiger partial charge >= 0.3 is 5.97 Å². The van der Waals surface area contributed by atoms with Crippen LogP contribution in [0.4, 0.5) is 5.69 Å². The minimum absolute atomic E-state index is 0.0820. The molecule has 1 aromatic heterocycles. The third-order valence-electron chi connectivity index (χ3n) is 12.4. The van der Waals surface area contributed by atoms with Gasteiger partial charge in [-0.05, 0) is 124 Å². The summed E-state index contributed by atoms with van der Waals surface area (Å²) in [4.78, 5) is 19.4. The number of unbranched alkanes of at least 4 members (excludes halogenated alkanes) is 1. The van der Waals surface area contributed by atoms with E-state index < -0.39 is 41.8 Å². The Kier molecular flexibility index (Phi) is 17.2. The molecular weight excluding hydrogens is 777 g/mol. The van der Waals surface area contributed by atoms with Crippen LogP contribution in [0.15, 0.2) is 97.3 Å². The standard InChI is InChI=1S/C48H64N4O7S/c1-34-17-18-37(32-51-27-25-40(33-51)50-45-15-10-13-39-31-49-26-23-42(39)45)29-38(34)24-28-52(60(57)58)35(2)59-48(56)16-9-4-3-8-14-43-44(47(55)30-46(43)54)22-21-41(53)20-19-36-11-6-5-7-12-36/h3,5-8,10-13,15,17-18,23,26,29,31,35,40-41,43-44,46-47,50,53-55H,4,9,14,16,19-22,24-25,27-28,30,32-33H2,1-2H3,(H,57,58)/p-1/t35?,40-,41+,43-,44-,46-,47-/m1/s1. The van der Waals surface area contributed by atoms with Gasteiger partial charge in [-0.3, -0.25) is 18.9 Å². The zero-order valence-corrected chi connectivity index (χ0v) is 35.9. The lowest BCUT2D eigenvalue weighted by Crippen LogP contribution is -2.39. The van der Waals surface area contributed by atoms with E-state index in [9.17, 15) is 28.9 Å². The number of nitrogens with one attached hydrogen (secondary N) is 1. The number of aryl methyl sites for hydroxylation is 2. The zero-order valence-electron chi connectivity index (χ0n) is 35.1. The van der Waals surface area contributed by atoms with E-state index in [1.165, 1.54) is 20.8 Å². The number of nitrogens with zero attached hydrogens (tertiary/aromatic N) is 3. The van der Waals surface area contributed by atoms with Crippen molar-refractivity contribution in [1.82, 2.24) is 14.2 Å². The Labute approximate surface area is 358 Å². The van der Waals surface area contributed by atoms with Crippen molar-refractivity contribution in [2.75, 3.05) is 25.0 Å². The van der Waals surface area contributed by atoms with E-state index >= 15 is 0 Å². The highest BCUT2D eigenvalue weighted by atomic mass is 32.2. The van der Waals surface area contributed by atoms with Crippen molar-refractivity contribution < 1.29 is 33.6 Å². The van der Waals surface area contributed by atoms with Crippen LogP contribution < -0.4 is 5.32 Å². The van der Waals surface area contributed by atoms with Crippen molar-refractivity contribution in [1.29, 1.82) is 0 Å². The molecule has 12 heteroatoms. The molecule has 0 amide bonds. The number of allylic oxidation sites excluding steroid dienone is 2. The second-order valence-corrected chi connectivity index (χ2v) is 17.7. The Hall–Kier alpha value is -4.01. The Morgan fingerprint density at radius 1 is 1.03 bits per heavy atom. The Morgan fingerprint density at radius 3 is 2.67 bits per heavy atom. The van der Waals surface area contributed by atoms with Crippen molar-refractivity contribution in [3.05, 3.63) is 120 Å². The fourth-order valence-corrected chi connectivity index (χ4v) is 9.50. The van der Waals surface area contributed by atoms with Crippen molar-refractivity contribution in [3.63, 3.8) is 0 Å². The number of aromatic nitrogens is 1. The van der Waals surface area contributed by atoms with Crippen molar-refractivity contribution in [3.8, 4) is 0 Å². The van der Waals surface area contributed by atoms with E-state index in [0.717, 1.165) is 54.7 Å². The summed E-state index contributed by atoms with van der Waals surface area (Å²) in [6, 6.07) is 25.1. The highest BCUT2D eigenvalue weighted by molar-refractivity contribution is 7.76. The van der Waals surface area contributed by atoms with Gasteiger partial charge in [0.15, 0.2) is 6.23 Å². The molecule has 1 aliphatic carbocycles. The summed E-state index contributed by atoms with van der Waals surface area (Å²) in [5.74, 6) is -0.628. The van der Waals surface area contributed by atoms with Crippen LogP contribution in [0.1, 0.15) is 87.0 Å². The number of esters is 1. The van der Waals surface area contributed by atoms with Crippen LogP contribution in [-0.2, 0) is 40.2 Å². The van der Waals surface area contributed by atoms with Crippen molar-refractivity contribution in [2.45, 2.75) is 122 Å². The quantitative estimate of drug-likeness (QED) is 0.0214. The van der Waals surface area contributed by atoms with Crippen LogP contribution in [0.25, 0.3) is 10.8 Å². The van der Waals surface area contributed by atoms with Crippen LogP contribution >= 0.6 is 0 Å². The molecule has 3 aromatic carbocycles. The number of carbonyl (C=O) groups is 1. The number of carbonyl (C=O) groups excluding carboxylic acids is 1. The molecule has 60 heavy (non-hydrogen) atoms. The number of ether oxygens (including phenoxy) is 1. The summed E-state index contributed by atoms with van der Waals surface area (Å²) < 4.78 is 31.3. The summed E-state index contributed by atoms with van der Waals surface area (Å²) in [7, 11) is 0. The first-order valence-corrected chi connectivity index (χ1v) is 22.8. The molecule has 8 atom stereocenters. The highest BCUT2D eigenvalue weighted by Crippen LogP contribution is 2.38. The summed E-state index contributed by atoms with van der Waals surface area (Å²) in [6.45, 7) is 6.51. The first kappa shape index (κ1) is 45.5. The molecule has 1 saturated carbocycles. The highest BCUT2D eigenvalue weighted by Gasteiger charge is 2.40. The molecule has 2 fully saturated rings. The second-order valence-electron chi connectivity index (χ2n) is 16.8. The topological polar surface area (TPSA) is 159 Å². The van der Waals surface area contributed by atoms with E-state index in [1.807, 2.05) is 55.7 Å². The number of pyridine rings is 1. The van der Waals surface area contributed by atoms with E-state index in [1.54, 1.807) is 6.92 Å². The maximum absolute atomic E-state index is 12.8. The Balaban J connectivity index is 0.894. The van der Waals surface area contributed by atoms with Crippen LogP contribution in [0.2, 0.25) is 0 Å². The SMILES string of the molecule is Cc1ccc(CN2CC[C@@H](Nc3cccc4cnccc34)C2)cc1CCN(C(C)OC(=O)CCCC=CC[C@@H]1[C@@H](CC[C@@H](O)CCc2ccccc2)[C@H](O)C[C@H]1O)S(=O)[O-]. The minimum atomic E-state index is -2.58. The molecule has 2 heterocycles. The molecule has 6 rings (SSSR count). The van der Waals surface area contributed by atoms with E-state index in [-0.39, 0.29) is 24.8 Å². The fourth-order valence-electron chi connectivity index (χ4n) is 8.98. The van der Waals surface area contributed by atoms with Gasteiger partial charge in [0.2, 0.25) is 0 Å². The summed E-state index contributed by atoms with van der Waals surface area (Å²) in [5, 5.41) is 38.0. The lowest BCUT2D eigenvalue weighted by atomic mass is 9.85. The fraction of sp³-hybridized carbons (Fsp3) is 0.500. The lowest BCUT2D eigenvalue weighted by Gasteiger charge is -2.30. The summed E-state index contributed by atoms with van der Waals surface area (Å²) in [6.07, 6.45) is 11.6. The molecule has 0 radical (unpaired) electrons. The normalized spacial score (nSPS) is 22.4. The largest absolute Gasteiger partial charge is 0.759 e. The third-order valence-corrected chi connectivity index (χ3v) is 13.3. The van der Waals surface area contributed by atoms with Crippen LogP contribution in [0, 0.1) is 18.8 Å². The van der Waals surface area contributed by atoms with Gasteiger partial charge < -0.3 is 29.9 Å². The minimum Gasteiger partial charge on any atom is -0.759 e. The smallest absolute Gasteiger partial charge is 0.307 e. The predicted octanol–water partition coefficient (Wildman–Crippen LogP) is 7.01. The van der Waals surface area contributed by atoms with E-state index in [0.29, 0.717) is 57.4 Å². The maximum Gasteiger partial charge on any atom is 0.307 e. The molecule has 11 nitrogen and oxygen atoms in total. The number of fused-ring (bicyclic) bond motifs is 1. The first-order chi connectivity index (χ1) is 29.0. The molecule has 0 spiro atoms. The molecular formula is C48H63N4O7S-. The van der Waals surface area contributed by atoms with Crippen LogP contribution in [0.5, 0.6) is 0 Å². The lowest BCUT2D eigenvalue weighted by molar-refractivity contribution is -0.153. The Morgan fingerprint density at radius 2 is 1.85 bits per heavy atom. The van der Waals surface area contributed by atoms with Gasteiger partial charge in [-0.15, -0.1) is 0 Å². The average molecular weight is 840 g/mol. The van der Waals surface area contributed by atoms with Crippen molar-refractivity contribution in [2.24, 2.45) is 11.8 Å². The van der Waals surface area contributed by atoms with Crippen LogP contribution in [-0.4, -0.2) is 94.5 Å². The Bertz CT molecular complexity index is 2010. The molecule has 324 valence electrons. The van der Waals surface area contributed by atoms with Gasteiger partial charge in [0, 0.05) is 78.8 Å². The number of aliphatic hydroxyl groups excluding tert-OH is 3. The van der Waals surface area contributed by atoms with Gasteiger partial charge in [-0.2, -0.15) is 4.31 Å². The van der Waals surface area contributed by atoms with Gasteiger partial charge in [-0.1, -0.05) is 72.8 Å². The monoisotopic (exact) mass is 839 g/mol. The maximum atomic E-state index is 12.8.